The van der Waals surface area contributed by atoms with E-state index in [0.717, 1.165) is 27.0 Å². The van der Waals surface area contributed by atoms with Crippen LogP contribution in [-0.4, -0.2) is 16.0 Å². The molecule has 0 N–H and O–H groups in total. The molecule has 0 radical (unpaired) electrons. The zero-order valence-corrected chi connectivity index (χ0v) is 12.5. The Bertz CT molecular complexity index is 705. The van der Waals surface area contributed by atoms with Crippen LogP contribution in [0.4, 0.5) is 0 Å². The minimum Gasteiger partial charge on any atom is -0.232 e. The van der Waals surface area contributed by atoms with Crippen molar-refractivity contribution in [3.8, 4) is 16.9 Å². The van der Waals surface area contributed by atoms with Gasteiger partial charge in [0.05, 0.1) is 11.4 Å². The molecule has 0 bridgehead atoms. The molecule has 2 aromatic carbocycles. The molecule has 0 aliphatic carbocycles. The van der Waals surface area contributed by atoms with Crippen molar-refractivity contribution in [1.82, 2.24) is 9.78 Å². The van der Waals surface area contributed by atoms with E-state index in [4.69, 9.17) is 11.6 Å². The lowest BCUT2D eigenvalue weighted by atomic mass is 10.1. The average molecular weight is 301 g/mol. The van der Waals surface area contributed by atoms with Crippen molar-refractivity contribution in [2.75, 3.05) is 6.26 Å². The van der Waals surface area contributed by atoms with Crippen LogP contribution in [0.1, 0.15) is 0 Å². The summed E-state index contributed by atoms with van der Waals surface area (Å²) >= 11 is 7.60. The first kappa shape index (κ1) is 13.3. The van der Waals surface area contributed by atoms with Gasteiger partial charge in [-0.3, -0.25) is 0 Å². The molecule has 0 spiro atoms. The lowest BCUT2D eigenvalue weighted by molar-refractivity contribution is 0.844. The molecular weight excluding hydrogens is 288 g/mol. The monoisotopic (exact) mass is 300 g/mol. The molecule has 0 fully saturated rings. The number of nitrogens with zero attached hydrogens (tertiary/aromatic N) is 2. The largest absolute Gasteiger partial charge is 0.232 e. The second-order valence-electron chi connectivity index (χ2n) is 4.33. The van der Waals surface area contributed by atoms with Gasteiger partial charge in [-0.2, -0.15) is 5.10 Å². The number of halogens is 1. The van der Waals surface area contributed by atoms with E-state index in [1.807, 2.05) is 53.4 Å². The third kappa shape index (κ3) is 2.60. The van der Waals surface area contributed by atoms with Crippen molar-refractivity contribution in [2.45, 2.75) is 5.03 Å². The number of rotatable bonds is 3. The van der Waals surface area contributed by atoms with Crippen LogP contribution >= 0.6 is 23.4 Å². The molecule has 3 rings (SSSR count). The molecule has 20 heavy (non-hydrogen) atoms. The summed E-state index contributed by atoms with van der Waals surface area (Å²) in [4.78, 5) is 0. The molecule has 0 aliphatic rings. The number of hydrogen-bond donors (Lipinski definition) is 0. The molecule has 3 aromatic rings. The van der Waals surface area contributed by atoms with E-state index in [2.05, 4.69) is 23.3 Å². The van der Waals surface area contributed by atoms with Crippen LogP contribution in [0.15, 0.2) is 65.7 Å². The first-order valence-electron chi connectivity index (χ1n) is 6.23. The second-order valence-corrected chi connectivity index (χ2v) is 5.59. The van der Waals surface area contributed by atoms with Gasteiger partial charge in [-0.1, -0.05) is 41.9 Å². The zero-order chi connectivity index (χ0) is 13.9. The third-order valence-electron chi connectivity index (χ3n) is 3.04. The van der Waals surface area contributed by atoms with E-state index in [-0.39, 0.29) is 0 Å². The Morgan fingerprint density at radius 2 is 1.70 bits per heavy atom. The van der Waals surface area contributed by atoms with Gasteiger partial charge in [-0.15, -0.1) is 11.8 Å². The summed E-state index contributed by atoms with van der Waals surface area (Å²) in [6, 6.07) is 20.1. The minimum absolute atomic E-state index is 0.740. The Balaban J connectivity index is 2.15. The lowest BCUT2D eigenvalue weighted by Crippen LogP contribution is -1.98. The Labute approximate surface area is 127 Å². The Kier molecular flexibility index (Phi) is 3.81. The molecule has 1 heterocycles. The highest BCUT2D eigenvalue weighted by Crippen LogP contribution is 2.28. The molecule has 0 aliphatic heterocycles. The van der Waals surface area contributed by atoms with E-state index in [1.165, 1.54) is 0 Å². The first-order valence-corrected chi connectivity index (χ1v) is 7.83. The van der Waals surface area contributed by atoms with E-state index in [0.29, 0.717) is 0 Å². The summed E-state index contributed by atoms with van der Waals surface area (Å²) in [6.45, 7) is 0. The molecule has 0 atom stereocenters. The van der Waals surface area contributed by atoms with E-state index >= 15 is 0 Å². The fraction of sp³-hybridized carbons (Fsp3) is 0.0625. The maximum absolute atomic E-state index is 5.96. The number of thioether (sulfide) groups is 1. The summed E-state index contributed by atoms with van der Waals surface area (Å²) in [7, 11) is 0. The van der Waals surface area contributed by atoms with Gasteiger partial charge in [-0.05, 0) is 36.6 Å². The predicted octanol–water partition coefficient (Wildman–Crippen LogP) is 4.91. The molecule has 0 amide bonds. The molecule has 100 valence electrons. The maximum atomic E-state index is 5.96. The van der Waals surface area contributed by atoms with Crippen LogP contribution in [0.2, 0.25) is 5.02 Å². The van der Waals surface area contributed by atoms with Gasteiger partial charge >= 0.3 is 0 Å². The van der Waals surface area contributed by atoms with E-state index < -0.39 is 0 Å². The smallest absolute Gasteiger partial charge is 0.119 e. The number of aromatic nitrogens is 2. The van der Waals surface area contributed by atoms with Gasteiger partial charge in [0.1, 0.15) is 5.03 Å². The maximum Gasteiger partial charge on any atom is 0.119 e. The lowest BCUT2D eigenvalue weighted by Gasteiger charge is -2.07. The number of benzene rings is 2. The minimum atomic E-state index is 0.740. The van der Waals surface area contributed by atoms with Crippen LogP contribution in [0.25, 0.3) is 16.9 Å². The van der Waals surface area contributed by atoms with Crippen LogP contribution in [0.5, 0.6) is 0 Å². The van der Waals surface area contributed by atoms with Crippen molar-refractivity contribution in [2.24, 2.45) is 0 Å². The molecule has 2 nitrogen and oxygen atoms in total. The predicted molar refractivity (Wildman–Crippen MR) is 85.8 cm³/mol. The van der Waals surface area contributed by atoms with Gasteiger partial charge in [0.2, 0.25) is 0 Å². The van der Waals surface area contributed by atoms with Gasteiger partial charge in [0.25, 0.3) is 0 Å². The summed E-state index contributed by atoms with van der Waals surface area (Å²) in [6.07, 6.45) is 2.03. The van der Waals surface area contributed by atoms with Gasteiger partial charge in [0.15, 0.2) is 0 Å². The highest BCUT2D eigenvalue weighted by atomic mass is 35.5. The Hall–Kier alpha value is -1.71. The van der Waals surface area contributed by atoms with E-state index in [1.54, 1.807) is 11.8 Å². The van der Waals surface area contributed by atoms with Crippen LogP contribution in [-0.2, 0) is 0 Å². The quantitative estimate of drug-likeness (QED) is 0.639. The molecule has 1 aromatic heterocycles. The fourth-order valence-corrected chi connectivity index (χ4v) is 2.57. The molecule has 4 heteroatoms. The van der Waals surface area contributed by atoms with Crippen LogP contribution < -0.4 is 0 Å². The van der Waals surface area contributed by atoms with E-state index in [9.17, 15) is 0 Å². The van der Waals surface area contributed by atoms with Crippen molar-refractivity contribution >= 4 is 23.4 Å². The SMILES string of the molecule is CSc1cc(-c2ccc(Cl)cc2)n(-c2ccccc2)n1. The van der Waals surface area contributed by atoms with Gasteiger partial charge in [-0.25, -0.2) is 4.68 Å². The summed E-state index contributed by atoms with van der Waals surface area (Å²) < 4.78 is 1.97. The normalized spacial score (nSPS) is 10.7. The van der Waals surface area contributed by atoms with Gasteiger partial charge in [0, 0.05) is 10.6 Å². The first-order chi connectivity index (χ1) is 9.78. The van der Waals surface area contributed by atoms with Crippen molar-refractivity contribution in [3.63, 3.8) is 0 Å². The third-order valence-corrected chi connectivity index (χ3v) is 3.91. The average Bonchev–Trinajstić information content (AvgIpc) is 2.93. The summed E-state index contributed by atoms with van der Waals surface area (Å²) in [5.41, 5.74) is 3.22. The fourth-order valence-electron chi connectivity index (χ4n) is 2.05. The molecule has 0 unspecified atom stereocenters. The molecule has 0 saturated carbocycles. The van der Waals surface area contributed by atoms with Gasteiger partial charge < -0.3 is 0 Å². The second kappa shape index (κ2) is 5.73. The van der Waals surface area contributed by atoms with Crippen molar-refractivity contribution < 1.29 is 0 Å². The van der Waals surface area contributed by atoms with Crippen LogP contribution in [0.3, 0.4) is 0 Å². The number of hydrogen-bond acceptors (Lipinski definition) is 2. The van der Waals surface area contributed by atoms with Crippen molar-refractivity contribution in [1.29, 1.82) is 0 Å². The Morgan fingerprint density at radius 1 is 1.00 bits per heavy atom. The number of para-hydroxylation sites is 1. The highest BCUT2D eigenvalue weighted by Gasteiger charge is 2.11. The van der Waals surface area contributed by atoms with Crippen LogP contribution in [0, 0.1) is 0 Å². The summed E-state index contributed by atoms with van der Waals surface area (Å²) in [5.74, 6) is 0. The molecule has 0 saturated heterocycles. The van der Waals surface area contributed by atoms with Crippen molar-refractivity contribution in [3.05, 3.63) is 65.7 Å². The zero-order valence-electron chi connectivity index (χ0n) is 11.0. The standard InChI is InChI=1S/C16H13ClN2S/c1-20-16-11-15(12-7-9-13(17)10-8-12)19(18-16)14-5-3-2-4-6-14/h2-11H,1H3. The summed E-state index contributed by atoms with van der Waals surface area (Å²) in [5, 5.41) is 6.38. The molecular formula is C16H13ClN2S. The Morgan fingerprint density at radius 3 is 2.35 bits per heavy atom. The highest BCUT2D eigenvalue weighted by molar-refractivity contribution is 7.98. The topological polar surface area (TPSA) is 17.8 Å².